The van der Waals surface area contributed by atoms with Gasteiger partial charge >= 0.3 is 5.97 Å². The number of rotatable bonds is 5. The Bertz CT molecular complexity index is 1300. The predicted molar refractivity (Wildman–Crippen MR) is 113 cm³/mol. The van der Waals surface area contributed by atoms with E-state index in [0.29, 0.717) is 22.7 Å². The number of methoxy groups -OCH3 is 2. The molecule has 1 aliphatic carbocycles. The first-order chi connectivity index (χ1) is 14.5. The molecule has 1 saturated carbocycles. The van der Waals surface area contributed by atoms with Gasteiger partial charge < -0.3 is 18.6 Å². The summed E-state index contributed by atoms with van der Waals surface area (Å²) in [5, 5.41) is 0.991. The molecule has 5 rings (SSSR count). The van der Waals surface area contributed by atoms with Gasteiger partial charge in [0.25, 0.3) is 0 Å². The number of imidazole rings is 1. The second-order valence-corrected chi connectivity index (χ2v) is 7.81. The van der Waals surface area contributed by atoms with Crippen LogP contribution in [0.1, 0.15) is 29.0 Å². The molecule has 0 bridgehead atoms. The maximum Gasteiger partial charge on any atom is 0.338 e. The van der Waals surface area contributed by atoms with Gasteiger partial charge in [-0.2, -0.15) is 0 Å². The lowest BCUT2D eigenvalue weighted by atomic mass is 10.2. The molecule has 8 nitrogen and oxygen atoms in total. The van der Waals surface area contributed by atoms with E-state index in [1.165, 1.54) is 20.0 Å². The van der Waals surface area contributed by atoms with Crippen molar-refractivity contribution in [2.75, 3.05) is 14.2 Å². The van der Waals surface area contributed by atoms with Crippen molar-refractivity contribution in [1.82, 2.24) is 24.1 Å². The van der Waals surface area contributed by atoms with E-state index in [1.54, 1.807) is 19.2 Å². The smallest absolute Gasteiger partial charge is 0.338 e. The van der Waals surface area contributed by atoms with Gasteiger partial charge in [-0.3, -0.25) is 0 Å². The largest absolute Gasteiger partial charge is 0.494 e. The number of aryl methyl sites for hydroxylation is 2. The summed E-state index contributed by atoms with van der Waals surface area (Å²) in [7, 11) is 4.91. The van der Waals surface area contributed by atoms with E-state index in [0.717, 1.165) is 40.4 Å². The van der Waals surface area contributed by atoms with Crippen molar-refractivity contribution in [2.45, 2.75) is 26.3 Å². The minimum atomic E-state index is -0.420. The van der Waals surface area contributed by atoms with Crippen LogP contribution >= 0.6 is 0 Å². The Morgan fingerprint density at radius 2 is 2.00 bits per heavy atom. The van der Waals surface area contributed by atoms with Crippen LogP contribution in [0.25, 0.3) is 33.6 Å². The Hall–Kier alpha value is -3.42. The molecule has 1 aromatic carbocycles. The van der Waals surface area contributed by atoms with Crippen molar-refractivity contribution >= 4 is 28.0 Å². The highest BCUT2D eigenvalue weighted by molar-refractivity contribution is 5.97. The third-order valence-electron chi connectivity index (χ3n) is 5.70. The van der Waals surface area contributed by atoms with Crippen LogP contribution in [-0.4, -0.2) is 44.3 Å². The zero-order chi connectivity index (χ0) is 21.0. The van der Waals surface area contributed by atoms with Crippen LogP contribution in [0, 0.1) is 12.8 Å². The normalized spacial score (nSPS) is 13.9. The van der Waals surface area contributed by atoms with Crippen LogP contribution < -0.4 is 4.74 Å². The van der Waals surface area contributed by atoms with Gasteiger partial charge in [-0.25, -0.2) is 19.7 Å². The van der Waals surface area contributed by atoms with Crippen molar-refractivity contribution in [3.8, 4) is 17.3 Å². The van der Waals surface area contributed by atoms with Gasteiger partial charge in [-0.15, -0.1) is 0 Å². The zero-order valence-corrected chi connectivity index (χ0v) is 17.5. The molecule has 3 heterocycles. The summed E-state index contributed by atoms with van der Waals surface area (Å²) in [4.78, 5) is 26.0. The van der Waals surface area contributed by atoms with Crippen molar-refractivity contribution in [2.24, 2.45) is 13.0 Å². The molecule has 30 heavy (non-hydrogen) atoms. The van der Waals surface area contributed by atoms with E-state index < -0.39 is 5.97 Å². The average molecular weight is 405 g/mol. The van der Waals surface area contributed by atoms with Gasteiger partial charge in [0.05, 0.1) is 31.0 Å². The Morgan fingerprint density at radius 1 is 1.20 bits per heavy atom. The second-order valence-electron chi connectivity index (χ2n) is 7.81. The van der Waals surface area contributed by atoms with Crippen LogP contribution in [0.3, 0.4) is 0 Å². The summed E-state index contributed by atoms with van der Waals surface area (Å²) in [6.07, 6.45) is 4.34. The molecule has 1 fully saturated rings. The molecule has 1 aliphatic rings. The van der Waals surface area contributed by atoms with Crippen LogP contribution in [-0.2, 0) is 18.3 Å². The van der Waals surface area contributed by atoms with E-state index in [2.05, 4.69) is 15.6 Å². The molecule has 4 aromatic rings. The number of benzene rings is 1. The molecule has 0 atom stereocenters. The molecule has 0 aliphatic heterocycles. The fraction of sp³-hybridized carbons (Fsp3) is 0.364. The van der Waals surface area contributed by atoms with Crippen LogP contribution in [0.4, 0.5) is 0 Å². The number of carbonyl (C=O) groups is 1. The molecule has 0 N–H and O–H groups in total. The van der Waals surface area contributed by atoms with Gasteiger partial charge in [0.1, 0.15) is 22.7 Å². The minimum absolute atomic E-state index is 0.409. The number of ether oxygens (including phenoxy) is 2. The van der Waals surface area contributed by atoms with Gasteiger partial charge in [-0.05, 0) is 43.9 Å². The highest BCUT2D eigenvalue weighted by atomic mass is 16.5. The molecule has 0 unspecified atom stereocenters. The van der Waals surface area contributed by atoms with E-state index in [4.69, 9.17) is 19.4 Å². The molecular formula is C22H23N5O3. The predicted octanol–water partition coefficient (Wildman–Crippen LogP) is 3.50. The lowest BCUT2D eigenvalue weighted by molar-refractivity contribution is 0.0600. The number of aromatic nitrogens is 5. The number of hydrogen-bond acceptors (Lipinski definition) is 6. The molecular weight excluding hydrogens is 382 g/mol. The number of carbonyl (C=O) groups excluding carboxylic acids is 1. The number of hydrogen-bond donors (Lipinski definition) is 0. The first kappa shape index (κ1) is 18.6. The standard InChI is InChI=1S/C22H23N5O3/c1-12-23-10-15-8-17(27(20(15)24-12)11-13-5-6-13)21-25-16-7-14(22(28)30-4)9-18(29-3)19(16)26(21)2/h7-10,13H,5-6,11H2,1-4H3. The topological polar surface area (TPSA) is 84.1 Å². The molecule has 3 aromatic heterocycles. The Morgan fingerprint density at radius 3 is 2.70 bits per heavy atom. The molecule has 0 saturated heterocycles. The van der Waals surface area contributed by atoms with E-state index in [1.807, 2.05) is 24.7 Å². The van der Waals surface area contributed by atoms with Crippen molar-refractivity contribution in [3.05, 3.63) is 35.8 Å². The number of nitrogens with zero attached hydrogens (tertiary/aromatic N) is 5. The number of esters is 1. The quantitative estimate of drug-likeness (QED) is 0.473. The third kappa shape index (κ3) is 2.91. The Balaban J connectivity index is 1.76. The molecule has 0 amide bonds. The summed E-state index contributed by atoms with van der Waals surface area (Å²) >= 11 is 0. The second kappa shape index (κ2) is 6.83. The molecule has 0 radical (unpaired) electrons. The van der Waals surface area contributed by atoms with Gasteiger partial charge in [-0.1, -0.05) is 0 Å². The summed E-state index contributed by atoms with van der Waals surface area (Å²) in [5.74, 6) is 2.37. The van der Waals surface area contributed by atoms with E-state index >= 15 is 0 Å². The molecule has 154 valence electrons. The van der Waals surface area contributed by atoms with Crippen LogP contribution in [0.5, 0.6) is 5.75 Å². The van der Waals surface area contributed by atoms with E-state index in [-0.39, 0.29) is 0 Å². The first-order valence-electron chi connectivity index (χ1n) is 9.96. The highest BCUT2D eigenvalue weighted by Crippen LogP contribution is 2.37. The van der Waals surface area contributed by atoms with E-state index in [9.17, 15) is 4.79 Å². The fourth-order valence-electron chi connectivity index (χ4n) is 3.98. The van der Waals surface area contributed by atoms with Gasteiger partial charge in [0, 0.05) is 25.2 Å². The Labute approximate surface area is 173 Å². The molecule has 0 spiro atoms. The minimum Gasteiger partial charge on any atom is -0.494 e. The third-order valence-corrected chi connectivity index (χ3v) is 5.70. The fourth-order valence-corrected chi connectivity index (χ4v) is 3.98. The molecule has 8 heteroatoms. The monoisotopic (exact) mass is 405 g/mol. The van der Waals surface area contributed by atoms with Gasteiger partial charge in [0.15, 0.2) is 5.82 Å². The average Bonchev–Trinajstić information content (AvgIpc) is 3.42. The van der Waals surface area contributed by atoms with Crippen molar-refractivity contribution in [3.63, 3.8) is 0 Å². The first-order valence-corrected chi connectivity index (χ1v) is 9.96. The highest BCUT2D eigenvalue weighted by Gasteiger charge is 2.27. The van der Waals surface area contributed by atoms with Crippen molar-refractivity contribution in [1.29, 1.82) is 0 Å². The van der Waals surface area contributed by atoms with Gasteiger partial charge in [0.2, 0.25) is 0 Å². The summed E-state index contributed by atoms with van der Waals surface area (Å²) < 4.78 is 14.7. The number of fused-ring (bicyclic) bond motifs is 2. The lowest BCUT2D eigenvalue weighted by Gasteiger charge is -2.10. The summed E-state index contributed by atoms with van der Waals surface area (Å²) in [6, 6.07) is 5.52. The maximum atomic E-state index is 12.1. The van der Waals surface area contributed by atoms with Crippen LogP contribution in [0.2, 0.25) is 0 Å². The van der Waals surface area contributed by atoms with Crippen LogP contribution in [0.15, 0.2) is 24.4 Å². The summed E-state index contributed by atoms with van der Waals surface area (Å²) in [6.45, 7) is 2.81. The lowest BCUT2D eigenvalue weighted by Crippen LogP contribution is -2.06. The zero-order valence-electron chi connectivity index (χ0n) is 17.5. The Kier molecular flexibility index (Phi) is 4.23. The maximum absolute atomic E-state index is 12.1. The SMILES string of the molecule is COC(=O)c1cc(OC)c2c(c1)nc(-c1cc3cnc(C)nc3n1CC1CC1)n2C. The van der Waals surface area contributed by atoms with Crippen molar-refractivity contribution < 1.29 is 14.3 Å². The summed E-state index contributed by atoms with van der Waals surface area (Å²) in [5.41, 5.74) is 3.82.